The van der Waals surface area contributed by atoms with Crippen molar-refractivity contribution < 1.29 is 5.11 Å². The van der Waals surface area contributed by atoms with Crippen LogP contribution in [0, 0.1) is 0 Å². The molecule has 2 aromatic rings. The SMILES string of the molecule is CC(Cc1ccccc1Cl)(C[C@H](N)O)c1cccc(Cl)c1. The van der Waals surface area contributed by atoms with Gasteiger partial charge >= 0.3 is 0 Å². The van der Waals surface area contributed by atoms with Crippen LogP contribution < -0.4 is 5.73 Å². The maximum absolute atomic E-state index is 9.68. The zero-order chi connectivity index (χ0) is 15.5. The van der Waals surface area contributed by atoms with Crippen LogP contribution in [0.2, 0.25) is 10.0 Å². The Bertz CT molecular complexity index is 615. The van der Waals surface area contributed by atoms with Crippen molar-refractivity contribution >= 4 is 23.2 Å². The molecule has 0 aliphatic carbocycles. The van der Waals surface area contributed by atoms with Crippen molar-refractivity contribution in [2.24, 2.45) is 5.73 Å². The van der Waals surface area contributed by atoms with Gasteiger partial charge in [-0.15, -0.1) is 0 Å². The van der Waals surface area contributed by atoms with Gasteiger partial charge in [0.2, 0.25) is 0 Å². The van der Waals surface area contributed by atoms with E-state index in [2.05, 4.69) is 6.92 Å². The van der Waals surface area contributed by atoms with E-state index in [1.807, 2.05) is 48.5 Å². The van der Waals surface area contributed by atoms with Gasteiger partial charge in [-0.3, -0.25) is 0 Å². The number of aliphatic hydroxyl groups excluding tert-OH is 1. The fraction of sp³-hybridized carbons (Fsp3) is 0.294. The minimum atomic E-state index is -0.892. The van der Waals surface area contributed by atoms with Crippen molar-refractivity contribution in [3.05, 3.63) is 69.7 Å². The minimum Gasteiger partial charge on any atom is -0.379 e. The van der Waals surface area contributed by atoms with Crippen molar-refractivity contribution in [3.63, 3.8) is 0 Å². The molecule has 112 valence electrons. The number of benzene rings is 2. The average molecular weight is 324 g/mol. The van der Waals surface area contributed by atoms with Crippen LogP contribution in [0.25, 0.3) is 0 Å². The highest BCUT2D eigenvalue weighted by Crippen LogP contribution is 2.35. The van der Waals surface area contributed by atoms with Gasteiger partial charge in [0.05, 0.1) is 0 Å². The monoisotopic (exact) mass is 323 g/mol. The van der Waals surface area contributed by atoms with Crippen molar-refractivity contribution in [1.82, 2.24) is 0 Å². The number of rotatable bonds is 5. The van der Waals surface area contributed by atoms with Crippen LogP contribution in [0.1, 0.15) is 24.5 Å². The Morgan fingerprint density at radius 3 is 2.48 bits per heavy atom. The lowest BCUT2D eigenvalue weighted by molar-refractivity contribution is 0.140. The van der Waals surface area contributed by atoms with E-state index in [9.17, 15) is 5.11 Å². The van der Waals surface area contributed by atoms with Gasteiger partial charge in [-0.05, 0) is 42.2 Å². The lowest BCUT2D eigenvalue weighted by Gasteiger charge is -2.32. The summed E-state index contributed by atoms with van der Waals surface area (Å²) in [6.07, 6.45) is 0.219. The van der Waals surface area contributed by atoms with E-state index in [4.69, 9.17) is 28.9 Å². The number of aliphatic hydroxyl groups is 1. The van der Waals surface area contributed by atoms with Crippen LogP contribution >= 0.6 is 23.2 Å². The molecule has 2 aromatic carbocycles. The Balaban J connectivity index is 2.40. The molecule has 0 aliphatic rings. The average Bonchev–Trinajstić information content (AvgIpc) is 2.40. The van der Waals surface area contributed by atoms with Crippen LogP contribution in [0.5, 0.6) is 0 Å². The summed E-state index contributed by atoms with van der Waals surface area (Å²) in [4.78, 5) is 0. The van der Waals surface area contributed by atoms with E-state index in [0.29, 0.717) is 17.9 Å². The Kier molecular flexibility index (Phi) is 5.28. The third-order valence-electron chi connectivity index (χ3n) is 3.72. The van der Waals surface area contributed by atoms with Crippen LogP contribution in [-0.2, 0) is 11.8 Å². The van der Waals surface area contributed by atoms with Crippen molar-refractivity contribution in [2.75, 3.05) is 0 Å². The van der Waals surface area contributed by atoms with E-state index in [1.165, 1.54) is 0 Å². The third-order valence-corrected chi connectivity index (χ3v) is 4.32. The van der Waals surface area contributed by atoms with Crippen molar-refractivity contribution in [2.45, 2.75) is 31.4 Å². The molecule has 1 unspecified atom stereocenters. The second kappa shape index (κ2) is 6.80. The van der Waals surface area contributed by atoms with Crippen LogP contribution in [-0.4, -0.2) is 11.3 Å². The zero-order valence-corrected chi connectivity index (χ0v) is 13.4. The summed E-state index contributed by atoms with van der Waals surface area (Å²) in [5.41, 5.74) is 7.36. The molecular weight excluding hydrogens is 305 g/mol. The molecule has 21 heavy (non-hydrogen) atoms. The van der Waals surface area contributed by atoms with Crippen LogP contribution in [0.4, 0.5) is 0 Å². The maximum Gasteiger partial charge on any atom is 0.103 e. The highest BCUT2D eigenvalue weighted by Gasteiger charge is 2.29. The van der Waals surface area contributed by atoms with E-state index in [-0.39, 0.29) is 5.41 Å². The Labute approximate surface area is 135 Å². The van der Waals surface area contributed by atoms with E-state index < -0.39 is 6.23 Å². The summed E-state index contributed by atoms with van der Waals surface area (Å²) >= 11 is 12.4. The summed E-state index contributed by atoms with van der Waals surface area (Å²) < 4.78 is 0. The first kappa shape index (κ1) is 16.3. The molecule has 3 N–H and O–H groups in total. The molecular formula is C17H19Cl2NO. The summed E-state index contributed by atoms with van der Waals surface area (Å²) in [7, 11) is 0. The summed E-state index contributed by atoms with van der Waals surface area (Å²) in [5, 5.41) is 11.1. The van der Waals surface area contributed by atoms with Gasteiger partial charge in [-0.2, -0.15) is 0 Å². The molecule has 0 amide bonds. The number of hydrogen-bond acceptors (Lipinski definition) is 2. The molecule has 0 radical (unpaired) electrons. The summed E-state index contributed by atoms with van der Waals surface area (Å²) in [6.45, 7) is 2.07. The second-order valence-electron chi connectivity index (χ2n) is 5.61. The minimum absolute atomic E-state index is 0.343. The molecule has 2 nitrogen and oxygen atoms in total. The fourth-order valence-corrected chi connectivity index (χ4v) is 3.07. The smallest absolute Gasteiger partial charge is 0.103 e. The largest absolute Gasteiger partial charge is 0.379 e. The van der Waals surface area contributed by atoms with E-state index in [1.54, 1.807) is 0 Å². The normalized spacial score (nSPS) is 15.5. The highest BCUT2D eigenvalue weighted by molar-refractivity contribution is 6.31. The first-order valence-corrected chi connectivity index (χ1v) is 7.59. The van der Waals surface area contributed by atoms with Crippen LogP contribution in [0.15, 0.2) is 48.5 Å². The van der Waals surface area contributed by atoms with Gasteiger partial charge in [0, 0.05) is 15.5 Å². The zero-order valence-electron chi connectivity index (χ0n) is 11.9. The van der Waals surface area contributed by atoms with Gasteiger partial charge in [-0.25, -0.2) is 0 Å². The third kappa shape index (κ3) is 4.21. The topological polar surface area (TPSA) is 46.2 Å². The predicted octanol–water partition coefficient (Wildman–Crippen LogP) is 4.16. The number of nitrogens with two attached hydrogens (primary N) is 1. The van der Waals surface area contributed by atoms with Crippen molar-refractivity contribution in [3.8, 4) is 0 Å². The summed E-state index contributed by atoms with van der Waals surface area (Å²) in [6, 6.07) is 15.4. The molecule has 0 bridgehead atoms. The fourth-order valence-electron chi connectivity index (χ4n) is 2.68. The van der Waals surface area contributed by atoms with Gasteiger partial charge in [0.1, 0.15) is 6.23 Å². The van der Waals surface area contributed by atoms with E-state index in [0.717, 1.165) is 16.1 Å². The van der Waals surface area contributed by atoms with Crippen molar-refractivity contribution in [1.29, 1.82) is 0 Å². The highest BCUT2D eigenvalue weighted by atomic mass is 35.5. The Morgan fingerprint density at radius 2 is 1.86 bits per heavy atom. The molecule has 0 spiro atoms. The first-order chi connectivity index (χ1) is 9.90. The standard InChI is InChI=1S/C17H19Cl2NO/c1-17(11-16(20)21,13-6-4-7-14(18)9-13)10-12-5-2-3-8-15(12)19/h2-9,16,21H,10-11,20H2,1H3/t16-,17?/m1/s1. The molecule has 0 heterocycles. The Hall–Kier alpha value is -1.06. The second-order valence-corrected chi connectivity index (χ2v) is 6.45. The molecule has 0 saturated carbocycles. The lowest BCUT2D eigenvalue weighted by atomic mass is 9.74. The predicted molar refractivity (Wildman–Crippen MR) is 88.8 cm³/mol. The van der Waals surface area contributed by atoms with Gasteiger partial charge < -0.3 is 10.8 Å². The van der Waals surface area contributed by atoms with Gasteiger partial charge in [0.15, 0.2) is 0 Å². The number of hydrogen-bond donors (Lipinski definition) is 2. The van der Waals surface area contributed by atoms with Crippen LogP contribution in [0.3, 0.4) is 0 Å². The molecule has 2 atom stereocenters. The first-order valence-electron chi connectivity index (χ1n) is 6.84. The Morgan fingerprint density at radius 1 is 1.14 bits per heavy atom. The summed E-state index contributed by atoms with van der Waals surface area (Å²) in [5.74, 6) is 0. The number of halogens is 2. The van der Waals surface area contributed by atoms with Gasteiger partial charge in [0.25, 0.3) is 0 Å². The molecule has 0 saturated heterocycles. The van der Waals surface area contributed by atoms with E-state index >= 15 is 0 Å². The molecule has 2 rings (SSSR count). The molecule has 0 aromatic heterocycles. The molecule has 0 aliphatic heterocycles. The lowest BCUT2D eigenvalue weighted by Crippen LogP contribution is -2.34. The maximum atomic E-state index is 9.68. The molecule has 4 heteroatoms. The van der Waals surface area contributed by atoms with Gasteiger partial charge in [-0.1, -0.05) is 60.5 Å². The molecule has 0 fully saturated rings. The quantitative estimate of drug-likeness (QED) is 0.811.